The molecule has 2 unspecified atom stereocenters. The van der Waals surface area contributed by atoms with Crippen LogP contribution in [0.15, 0.2) is 72.4 Å². The van der Waals surface area contributed by atoms with Crippen molar-refractivity contribution >= 4 is 11.8 Å². The average molecular weight is 642 g/mol. The molecular formula is C39H55N5O3. The Morgan fingerprint density at radius 2 is 1.85 bits per heavy atom. The van der Waals surface area contributed by atoms with Gasteiger partial charge < -0.3 is 20.3 Å². The van der Waals surface area contributed by atoms with Crippen molar-refractivity contribution in [3.8, 4) is 0 Å². The minimum absolute atomic E-state index is 0.00965. The molecule has 2 atom stereocenters. The van der Waals surface area contributed by atoms with Crippen LogP contribution in [0.2, 0.25) is 0 Å². The summed E-state index contributed by atoms with van der Waals surface area (Å²) in [6, 6.07) is 8.71. The highest BCUT2D eigenvalue weighted by Gasteiger charge is 2.50. The van der Waals surface area contributed by atoms with E-state index >= 15 is 0 Å². The normalized spacial score (nSPS) is 25.1. The molecule has 8 heteroatoms. The minimum Gasteiger partial charge on any atom is -0.465 e. The number of hydrogen-bond acceptors (Lipinski definition) is 8. The lowest BCUT2D eigenvalue weighted by molar-refractivity contribution is -0.149. The summed E-state index contributed by atoms with van der Waals surface area (Å²) >= 11 is 0. The van der Waals surface area contributed by atoms with Gasteiger partial charge in [-0.1, -0.05) is 61.3 Å². The third-order valence-corrected chi connectivity index (χ3v) is 11.2. The summed E-state index contributed by atoms with van der Waals surface area (Å²) in [4.78, 5) is 33.7. The van der Waals surface area contributed by atoms with Crippen LogP contribution in [0, 0.1) is 5.41 Å². The first-order valence-electron chi connectivity index (χ1n) is 18.1. The molecule has 2 saturated heterocycles. The molecule has 1 aromatic rings. The van der Waals surface area contributed by atoms with E-state index in [4.69, 9.17) is 4.74 Å². The number of esters is 1. The van der Waals surface area contributed by atoms with Crippen molar-refractivity contribution in [2.45, 2.75) is 109 Å². The molecule has 0 radical (unpaired) electrons. The lowest BCUT2D eigenvalue weighted by Gasteiger charge is -2.40. The number of carbonyl (C=O) groups excluding carboxylic acids is 2. The minimum atomic E-state index is -0.0746. The van der Waals surface area contributed by atoms with E-state index in [0.717, 1.165) is 82.3 Å². The van der Waals surface area contributed by atoms with E-state index < -0.39 is 0 Å². The number of ketones is 1. The number of rotatable bonds is 12. The maximum atomic E-state index is 13.4. The Bertz CT molecular complexity index is 1350. The lowest BCUT2D eigenvalue weighted by Crippen LogP contribution is -2.45. The van der Waals surface area contributed by atoms with Gasteiger partial charge in [0, 0.05) is 56.3 Å². The zero-order chi connectivity index (χ0) is 32.6. The fourth-order valence-corrected chi connectivity index (χ4v) is 8.34. The highest BCUT2D eigenvalue weighted by molar-refractivity contribution is 6.04. The molecule has 3 fully saturated rings. The number of dihydropyridines is 1. The third kappa shape index (κ3) is 8.57. The maximum absolute atomic E-state index is 13.4. The number of hydrogen-bond donors (Lipinski definition) is 2. The molecule has 2 N–H and O–H groups in total. The smallest absolute Gasteiger partial charge is 0.323 e. The van der Waals surface area contributed by atoms with Gasteiger partial charge in [-0.2, -0.15) is 0 Å². The summed E-state index contributed by atoms with van der Waals surface area (Å²) in [5.41, 5.74) is 4.58. The molecular weight excluding hydrogens is 586 g/mol. The van der Waals surface area contributed by atoms with E-state index in [1.807, 2.05) is 43.7 Å². The van der Waals surface area contributed by atoms with Crippen LogP contribution in [0.25, 0.3) is 0 Å². The topological polar surface area (TPSA) is 77.1 Å². The fourth-order valence-electron chi connectivity index (χ4n) is 8.34. The van der Waals surface area contributed by atoms with Gasteiger partial charge in [0.05, 0.1) is 6.61 Å². The van der Waals surface area contributed by atoms with Crippen molar-refractivity contribution < 1.29 is 14.3 Å². The lowest BCUT2D eigenvalue weighted by atomic mass is 9.76. The molecule has 1 aliphatic carbocycles. The van der Waals surface area contributed by atoms with Crippen LogP contribution in [0.4, 0.5) is 0 Å². The van der Waals surface area contributed by atoms with Crippen molar-refractivity contribution in [3.63, 3.8) is 0 Å². The van der Waals surface area contributed by atoms with Crippen molar-refractivity contribution in [1.82, 2.24) is 25.3 Å². The number of carbonyl (C=O) groups is 2. The van der Waals surface area contributed by atoms with E-state index in [9.17, 15) is 9.59 Å². The molecule has 0 bridgehead atoms. The predicted molar refractivity (Wildman–Crippen MR) is 187 cm³/mol. The number of ether oxygens (including phenoxy) is 1. The summed E-state index contributed by atoms with van der Waals surface area (Å²) in [5, 5.41) is 6.75. The van der Waals surface area contributed by atoms with Gasteiger partial charge in [-0.3, -0.25) is 19.4 Å². The SMILES string of the molecule is CCOC(=O)C1CC2(CCN(Cc3ccc(C(=O)C=C(CCC4=CCC=CN4)CC4NC=CN4C)cc3)CC2)CN1C1CCCCC1. The molecule has 1 spiro atoms. The van der Waals surface area contributed by atoms with Crippen LogP contribution >= 0.6 is 0 Å². The zero-order valence-corrected chi connectivity index (χ0v) is 28.6. The summed E-state index contributed by atoms with van der Waals surface area (Å²) in [7, 11) is 2.07. The van der Waals surface area contributed by atoms with Gasteiger partial charge in [-0.15, -0.1) is 0 Å². The van der Waals surface area contributed by atoms with E-state index in [0.29, 0.717) is 12.6 Å². The van der Waals surface area contributed by atoms with Crippen LogP contribution in [0.3, 0.4) is 0 Å². The Hall–Kier alpha value is -3.36. The van der Waals surface area contributed by atoms with Crippen LogP contribution < -0.4 is 10.6 Å². The first-order valence-corrected chi connectivity index (χ1v) is 18.1. The molecule has 4 heterocycles. The van der Waals surface area contributed by atoms with Crippen LogP contribution in [0.1, 0.15) is 99.9 Å². The number of nitrogens with zero attached hydrogens (tertiary/aromatic N) is 3. The number of benzene rings is 1. The zero-order valence-electron chi connectivity index (χ0n) is 28.6. The number of likely N-dealkylation sites (tertiary alicyclic amines) is 2. The standard InChI is InChI=1S/C39H55N5O3/c1-3-47-38(46)35-27-39(29-44(35)34-10-5-4-6-11-34)18-22-43(23-19-39)28-30-12-15-32(16-13-30)36(45)25-31(26-37-41-21-24-42(37)2)14-17-33-9-7-8-20-40-33/h8-9,12-13,15-16,20-21,24-25,34-35,37,40-41H,3-7,10-11,14,17-19,22-23,26-29H2,1-2H3. The highest BCUT2D eigenvalue weighted by atomic mass is 16.5. The fraction of sp³-hybridized carbons (Fsp3) is 0.590. The van der Waals surface area contributed by atoms with Gasteiger partial charge in [-0.05, 0) is 94.6 Å². The second kappa shape index (κ2) is 15.7. The molecule has 1 aromatic carbocycles. The Kier molecular flexibility index (Phi) is 11.2. The molecule has 0 aromatic heterocycles. The van der Waals surface area contributed by atoms with Crippen molar-refractivity contribution in [1.29, 1.82) is 0 Å². The first-order chi connectivity index (χ1) is 22.9. The molecule has 0 amide bonds. The van der Waals surface area contributed by atoms with Crippen LogP contribution in [-0.2, 0) is 16.1 Å². The van der Waals surface area contributed by atoms with E-state index in [-0.39, 0.29) is 29.4 Å². The maximum Gasteiger partial charge on any atom is 0.323 e. The molecule has 6 rings (SSSR count). The number of nitrogens with one attached hydrogen (secondary N) is 2. The van der Waals surface area contributed by atoms with E-state index in [1.54, 1.807) is 0 Å². The Labute approximate surface area is 282 Å². The first kappa shape index (κ1) is 33.5. The highest BCUT2D eigenvalue weighted by Crippen LogP contribution is 2.46. The van der Waals surface area contributed by atoms with Crippen molar-refractivity contribution in [2.75, 3.05) is 33.3 Å². The van der Waals surface area contributed by atoms with Crippen molar-refractivity contribution in [2.24, 2.45) is 5.41 Å². The van der Waals surface area contributed by atoms with Gasteiger partial charge in [0.15, 0.2) is 5.78 Å². The predicted octanol–water partition coefficient (Wildman–Crippen LogP) is 6.24. The molecule has 1 saturated carbocycles. The Morgan fingerprint density at radius 1 is 1.06 bits per heavy atom. The van der Waals surface area contributed by atoms with Gasteiger partial charge in [0.1, 0.15) is 12.2 Å². The average Bonchev–Trinajstić information content (AvgIpc) is 3.69. The molecule has 254 valence electrons. The monoisotopic (exact) mass is 641 g/mol. The van der Waals surface area contributed by atoms with E-state index in [1.165, 1.54) is 43.4 Å². The Balaban J connectivity index is 1.04. The van der Waals surface area contributed by atoms with Gasteiger partial charge >= 0.3 is 5.97 Å². The van der Waals surface area contributed by atoms with Gasteiger partial charge in [0.2, 0.25) is 0 Å². The second-order valence-corrected chi connectivity index (χ2v) is 14.5. The summed E-state index contributed by atoms with van der Waals surface area (Å²) in [5.74, 6) is 0.0648. The van der Waals surface area contributed by atoms with Gasteiger partial charge in [0.25, 0.3) is 0 Å². The summed E-state index contributed by atoms with van der Waals surface area (Å²) in [6.45, 7) is 6.39. The molecule has 4 aliphatic heterocycles. The van der Waals surface area contributed by atoms with Crippen LogP contribution in [-0.4, -0.2) is 78.0 Å². The number of piperidine rings is 1. The molecule has 8 nitrogen and oxygen atoms in total. The van der Waals surface area contributed by atoms with Gasteiger partial charge in [-0.25, -0.2) is 0 Å². The third-order valence-electron chi connectivity index (χ3n) is 11.2. The number of allylic oxidation sites excluding steroid dienone is 4. The largest absolute Gasteiger partial charge is 0.465 e. The second-order valence-electron chi connectivity index (χ2n) is 14.5. The van der Waals surface area contributed by atoms with Crippen molar-refractivity contribution in [3.05, 3.63) is 83.5 Å². The summed E-state index contributed by atoms with van der Waals surface area (Å²) < 4.78 is 5.57. The van der Waals surface area contributed by atoms with E-state index in [2.05, 4.69) is 56.7 Å². The Morgan fingerprint density at radius 3 is 2.53 bits per heavy atom. The molecule has 47 heavy (non-hydrogen) atoms. The summed E-state index contributed by atoms with van der Waals surface area (Å²) in [6.07, 6.45) is 25.4. The molecule has 5 aliphatic rings. The quantitative estimate of drug-likeness (QED) is 0.158. The van der Waals surface area contributed by atoms with Crippen LogP contribution in [0.5, 0.6) is 0 Å².